The molecule has 0 fully saturated rings. The number of nitrogens with two attached hydrogens (primary N) is 1. The SMILES string of the molecule is NCCc1cc(C(F)(F)F)cc2[nH]cnc12. The van der Waals surface area contributed by atoms with Crippen molar-refractivity contribution in [2.24, 2.45) is 5.73 Å². The van der Waals surface area contributed by atoms with E-state index in [1.54, 1.807) is 0 Å². The summed E-state index contributed by atoms with van der Waals surface area (Å²) in [5.74, 6) is 0. The molecule has 0 bridgehead atoms. The molecule has 0 atom stereocenters. The Hall–Kier alpha value is -1.56. The average Bonchev–Trinajstić information content (AvgIpc) is 2.64. The molecular formula is C10H10F3N3. The number of benzene rings is 1. The van der Waals surface area contributed by atoms with Gasteiger partial charge in [0.2, 0.25) is 0 Å². The number of aromatic nitrogens is 2. The second kappa shape index (κ2) is 3.79. The van der Waals surface area contributed by atoms with E-state index in [0.717, 1.165) is 12.1 Å². The topological polar surface area (TPSA) is 54.7 Å². The molecule has 0 spiro atoms. The Morgan fingerprint density at radius 2 is 2.06 bits per heavy atom. The Morgan fingerprint density at radius 1 is 1.31 bits per heavy atom. The van der Waals surface area contributed by atoms with Crippen molar-refractivity contribution in [2.75, 3.05) is 6.54 Å². The molecule has 6 heteroatoms. The smallest absolute Gasteiger partial charge is 0.345 e. The van der Waals surface area contributed by atoms with Crippen molar-refractivity contribution >= 4 is 11.0 Å². The third-order valence-electron chi connectivity index (χ3n) is 2.34. The van der Waals surface area contributed by atoms with Crippen molar-refractivity contribution in [3.63, 3.8) is 0 Å². The summed E-state index contributed by atoms with van der Waals surface area (Å²) in [6.45, 7) is 0.295. The first-order valence-corrected chi connectivity index (χ1v) is 4.75. The van der Waals surface area contributed by atoms with Gasteiger partial charge in [0.15, 0.2) is 0 Å². The molecule has 0 aliphatic rings. The van der Waals surface area contributed by atoms with Crippen LogP contribution in [-0.2, 0) is 12.6 Å². The lowest BCUT2D eigenvalue weighted by Crippen LogP contribution is -2.08. The summed E-state index contributed by atoms with van der Waals surface area (Å²) in [5, 5.41) is 0. The van der Waals surface area contributed by atoms with Gasteiger partial charge < -0.3 is 10.7 Å². The van der Waals surface area contributed by atoms with Crippen LogP contribution in [0.3, 0.4) is 0 Å². The minimum atomic E-state index is -4.34. The standard InChI is InChI=1S/C10H10F3N3/c11-10(12,13)7-3-6(1-2-14)9-8(4-7)15-5-16-9/h3-5H,1-2,14H2,(H,15,16). The lowest BCUT2D eigenvalue weighted by Gasteiger charge is -2.09. The average molecular weight is 229 g/mol. The van der Waals surface area contributed by atoms with E-state index < -0.39 is 11.7 Å². The molecule has 3 nitrogen and oxygen atoms in total. The van der Waals surface area contributed by atoms with E-state index in [9.17, 15) is 13.2 Å². The number of halogens is 3. The third-order valence-corrected chi connectivity index (χ3v) is 2.34. The van der Waals surface area contributed by atoms with E-state index in [4.69, 9.17) is 5.73 Å². The number of nitrogens with zero attached hydrogens (tertiary/aromatic N) is 1. The number of hydrogen-bond donors (Lipinski definition) is 2. The van der Waals surface area contributed by atoms with Crippen molar-refractivity contribution < 1.29 is 13.2 Å². The van der Waals surface area contributed by atoms with Crippen LogP contribution >= 0.6 is 0 Å². The largest absolute Gasteiger partial charge is 0.416 e. The highest BCUT2D eigenvalue weighted by Crippen LogP contribution is 2.32. The van der Waals surface area contributed by atoms with E-state index >= 15 is 0 Å². The first kappa shape index (κ1) is 10.9. The Labute approximate surface area is 89.5 Å². The summed E-state index contributed by atoms with van der Waals surface area (Å²) >= 11 is 0. The van der Waals surface area contributed by atoms with E-state index in [0.29, 0.717) is 29.6 Å². The van der Waals surface area contributed by atoms with Gasteiger partial charge in [-0.2, -0.15) is 13.2 Å². The van der Waals surface area contributed by atoms with Crippen LogP contribution in [0.5, 0.6) is 0 Å². The van der Waals surface area contributed by atoms with Crippen molar-refractivity contribution in [1.82, 2.24) is 9.97 Å². The van der Waals surface area contributed by atoms with Crippen LogP contribution in [0.2, 0.25) is 0 Å². The number of rotatable bonds is 2. The summed E-state index contributed by atoms with van der Waals surface area (Å²) in [7, 11) is 0. The molecule has 1 aromatic heterocycles. The van der Waals surface area contributed by atoms with Crippen molar-refractivity contribution in [3.8, 4) is 0 Å². The third kappa shape index (κ3) is 1.88. The molecule has 2 rings (SSSR count). The van der Waals surface area contributed by atoms with Crippen LogP contribution in [0.25, 0.3) is 11.0 Å². The zero-order chi connectivity index (χ0) is 11.8. The van der Waals surface area contributed by atoms with Gasteiger partial charge in [-0.25, -0.2) is 4.98 Å². The quantitative estimate of drug-likeness (QED) is 0.828. The zero-order valence-electron chi connectivity index (χ0n) is 8.30. The summed E-state index contributed by atoms with van der Waals surface area (Å²) < 4.78 is 37.7. The Kier molecular flexibility index (Phi) is 2.59. The van der Waals surface area contributed by atoms with Crippen LogP contribution in [0, 0.1) is 0 Å². The van der Waals surface area contributed by atoms with Crippen molar-refractivity contribution in [3.05, 3.63) is 29.6 Å². The molecule has 0 amide bonds. The van der Waals surface area contributed by atoms with Crippen LogP contribution in [0.1, 0.15) is 11.1 Å². The minimum Gasteiger partial charge on any atom is -0.345 e. The lowest BCUT2D eigenvalue weighted by atomic mass is 10.1. The molecule has 0 saturated heterocycles. The van der Waals surface area contributed by atoms with Gasteiger partial charge >= 0.3 is 6.18 Å². The molecular weight excluding hydrogens is 219 g/mol. The maximum Gasteiger partial charge on any atom is 0.416 e. The van der Waals surface area contributed by atoms with E-state index in [1.807, 2.05) is 0 Å². The highest BCUT2D eigenvalue weighted by Gasteiger charge is 2.31. The van der Waals surface area contributed by atoms with Crippen molar-refractivity contribution in [2.45, 2.75) is 12.6 Å². The Morgan fingerprint density at radius 3 is 2.69 bits per heavy atom. The van der Waals surface area contributed by atoms with Gasteiger partial charge in [0.05, 0.1) is 22.9 Å². The molecule has 3 N–H and O–H groups in total. The summed E-state index contributed by atoms with van der Waals surface area (Å²) in [4.78, 5) is 6.66. The van der Waals surface area contributed by atoms with Crippen molar-refractivity contribution in [1.29, 1.82) is 0 Å². The lowest BCUT2D eigenvalue weighted by molar-refractivity contribution is -0.137. The second-order valence-electron chi connectivity index (χ2n) is 3.47. The maximum absolute atomic E-state index is 12.6. The summed E-state index contributed by atoms with van der Waals surface area (Å²) in [5.41, 5.74) is 6.15. The second-order valence-corrected chi connectivity index (χ2v) is 3.47. The fourth-order valence-electron chi connectivity index (χ4n) is 1.63. The van der Waals surface area contributed by atoms with Gasteiger partial charge in [0.25, 0.3) is 0 Å². The van der Waals surface area contributed by atoms with Gasteiger partial charge in [0, 0.05) is 0 Å². The minimum absolute atomic E-state index is 0.295. The molecule has 0 unspecified atom stereocenters. The maximum atomic E-state index is 12.6. The number of fused-ring (bicyclic) bond motifs is 1. The molecule has 2 aromatic rings. The van der Waals surface area contributed by atoms with Crippen LogP contribution in [0.15, 0.2) is 18.5 Å². The van der Waals surface area contributed by atoms with Crippen LogP contribution < -0.4 is 5.73 Å². The van der Waals surface area contributed by atoms with Crippen LogP contribution in [0.4, 0.5) is 13.2 Å². The number of H-pyrrole nitrogens is 1. The molecule has 1 heterocycles. The predicted molar refractivity (Wildman–Crippen MR) is 53.9 cm³/mol. The van der Waals surface area contributed by atoms with Gasteiger partial charge in [-0.3, -0.25) is 0 Å². The normalized spacial score (nSPS) is 12.2. The molecule has 86 valence electrons. The van der Waals surface area contributed by atoms with Crippen LogP contribution in [-0.4, -0.2) is 16.5 Å². The van der Waals surface area contributed by atoms with E-state index in [1.165, 1.54) is 6.33 Å². The van der Waals surface area contributed by atoms with E-state index in [-0.39, 0.29) is 0 Å². The first-order chi connectivity index (χ1) is 7.52. The molecule has 1 aromatic carbocycles. The molecule has 0 aliphatic heterocycles. The van der Waals surface area contributed by atoms with Gasteiger partial charge in [-0.15, -0.1) is 0 Å². The summed E-state index contributed by atoms with van der Waals surface area (Å²) in [6, 6.07) is 2.17. The monoisotopic (exact) mass is 229 g/mol. The Bertz CT molecular complexity index is 501. The number of alkyl halides is 3. The fourth-order valence-corrected chi connectivity index (χ4v) is 1.63. The Balaban J connectivity index is 2.61. The first-order valence-electron chi connectivity index (χ1n) is 4.75. The fraction of sp³-hybridized carbons (Fsp3) is 0.300. The molecule has 16 heavy (non-hydrogen) atoms. The number of imidazole rings is 1. The van der Waals surface area contributed by atoms with Gasteiger partial charge in [-0.05, 0) is 30.7 Å². The molecule has 0 saturated carbocycles. The van der Waals surface area contributed by atoms with Gasteiger partial charge in [0.1, 0.15) is 0 Å². The highest BCUT2D eigenvalue weighted by molar-refractivity contribution is 5.79. The van der Waals surface area contributed by atoms with Gasteiger partial charge in [-0.1, -0.05) is 0 Å². The zero-order valence-corrected chi connectivity index (χ0v) is 8.30. The number of hydrogen-bond acceptors (Lipinski definition) is 2. The highest BCUT2D eigenvalue weighted by atomic mass is 19.4. The molecule has 0 radical (unpaired) electrons. The summed E-state index contributed by atoms with van der Waals surface area (Å²) in [6.07, 6.45) is -2.58. The number of nitrogens with one attached hydrogen (secondary N) is 1. The van der Waals surface area contributed by atoms with E-state index in [2.05, 4.69) is 9.97 Å². The molecule has 0 aliphatic carbocycles. The number of aromatic amines is 1. The predicted octanol–water partition coefficient (Wildman–Crippen LogP) is 2.08.